The summed E-state index contributed by atoms with van der Waals surface area (Å²) in [6.45, 7) is 1.33. The van der Waals surface area contributed by atoms with E-state index < -0.39 is 42.6 Å². The molecular weight excluding hydrogens is 373 g/mol. The number of nitrogens with zero attached hydrogens (tertiary/aromatic N) is 4. The molecule has 0 bridgehead atoms. The number of hydrogen-bond acceptors (Lipinski definition) is 9. The van der Waals surface area contributed by atoms with E-state index >= 15 is 0 Å². The van der Waals surface area contributed by atoms with Crippen molar-refractivity contribution in [1.82, 2.24) is 19.5 Å². The van der Waals surface area contributed by atoms with Crippen molar-refractivity contribution in [2.24, 2.45) is 0 Å². The van der Waals surface area contributed by atoms with Gasteiger partial charge in [0.15, 0.2) is 28.3 Å². The number of anilines is 1. The molecule has 1 aliphatic heterocycles. The van der Waals surface area contributed by atoms with Crippen LogP contribution in [0.1, 0.15) is 36.0 Å². The van der Waals surface area contributed by atoms with Crippen molar-refractivity contribution in [1.29, 1.82) is 0 Å². The number of nitrogens with two attached hydrogens (primary N) is 1. The van der Waals surface area contributed by atoms with Gasteiger partial charge in [-0.25, -0.2) is 9.78 Å². The van der Waals surface area contributed by atoms with Crippen molar-refractivity contribution >= 4 is 17.0 Å². The van der Waals surface area contributed by atoms with Gasteiger partial charge in [-0.15, -0.1) is 6.42 Å². The van der Waals surface area contributed by atoms with Gasteiger partial charge in [-0.1, -0.05) is 5.92 Å². The van der Waals surface area contributed by atoms with Gasteiger partial charge in [0.25, 0.3) is 0 Å². The average Bonchev–Trinajstić information content (AvgIpc) is 3.29. The molecule has 3 atom stereocenters. The Balaban J connectivity index is 1.82. The first kappa shape index (κ1) is 13.9. The number of halogens is 1. The molecule has 3 aromatic heterocycles. The van der Waals surface area contributed by atoms with Crippen LogP contribution in [0.2, 0.25) is 0 Å². The maximum Gasteiger partial charge on any atom is 0.519 e. The van der Waals surface area contributed by atoms with Crippen LogP contribution in [0.4, 0.5) is 10.2 Å². The molecule has 3 aromatic rings. The number of hydrogen-bond donors (Lipinski definition) is 2. The number of fused-ring (bicyclic) bond motifs is 1. The van der Waals surface area contributed by atoms with Gasteiger partial charge in [-0.2, -0.15) is 14.4 Å². The smallest absolute Gasteiger partial charge is 0.396 e. The molecular formula is C17H15FN5O5. The van der Waals surface area contributed by atoms with E-state index in [9.17, 15) is 14.3 Å². The van der Waals surface area contributed by atoms with Gasteiger partial charge in [0.2, 0.25) is 0 Å². The van der Waals surface area contributed by atoms with Crippen molar-refractivity contribution in [3.05, 3.63) is 41.0 Å². The first-order chi connectivity index (χ1) is 14.8. The first-order valence-electron chi connectivity index (χ1n) is 9.79. The van der Waals surface area contributed by atoms with E-state index in [1.165, 1.54) is 6.92 Å². The number of nitrogen functional groups attached to an aromatic ring is 1. The maximum absolute atomic E-state index is 13.7. The Bertz CT molecular complexity index is 1310. The lowest BCUT2D eigenvalue weighted by Crippen LogP contribution is -2.38. The van der Waals surface area contributed by atoms with E-state index in [2.05, 4.69) is 19.4 Å². The predicted octanol–water partition coefficient (Wildman–Crippen LogP) is 0.697. The first-order valence-corrected chi connectivity index (χ1v) is 7.79. The monoisotopic (exact) mass is 392 g/mol. The third-order valence-corrected chi connectivity index (χ3v) is 4.07. The molecule has 0 aliphatic carbocycles. The van der Waals surface area contributed by atoms with Crippen LogP contribution in [0.3, 0.4) is 0 Å². The molecule has 11 heteroatoms. The molecule has 1 fully saturated rings. The zero-order chi connectivity index (χ0) is 23.6. The Labute approximate surface area is 162 Å². The molecule has 0 amide bonds. The molecule has 3 N–H and O–H groups in total. The van der Waals surface area contributed by atoms with Gasteiger partial charge in [0.1, 0.15) is 12.0 Å². The number of aromatic nitrogens is 4. The van der Waals surface area contributed by atoms with Gasteiger partial charge in [-0.05, 0) is 6.92 Å². The summed E-state index contributed by atoms with van der Waals surface area (Å²) in [6, 6.07) is 0. The largest absolute Gasteiger partial charge is 0.519 e. The molecule has 0 saturated carbocycles. The van der Waals surface area contributed by atoms with Crippen LogP contribution in [0.5, 0.6) is 0 Å². The molecule has 1 aliphatic rings. The molecule has 4 heterocycles. The lowest BCUT2D eigenvalue weighted by Gasteiger charge is -2.26. The topological polar surface area (TPSA) is 142 Å². The van der Waals surface area contributed by atoms with Crippen molar-refractivity contribution in [2.45, 2.75) is 37.6 Å². The van der Waals surface area contributed by atoms with Crippen molar-refractivity contribution in [3.8, 4) is 12.3 Å². The molecule has 4 rings (SSSR count). The molecule has 145 valence electrons. The van der Waals surface area contributed by atoms with E-state index in [0.29, 0.717) is 0 Å². The predicted molar refractivity (Wildman–Crippen MR) is 92.0 cm³/mol. The zero-order valence-corrected chi connectivity index (χ0v) is 14.2. The summed E-state index contributed by atoms with van der Waals surface area (Å²) in [7, 11) is 0. The third kappa shape index (κ3) is 2.83. The van der Waals surface area contributed by atoms with Crippen LogP contribution >= 0.6 is 0 Å². The molecule has 10 nitrogen and oxygen atoms in total. The van der Waals surface area contributed by atoms with Gasteiger partial charge >= 0.3 is 11.9 Å². The number of rotatable bonds is 4. The summed E-state index contributed by atoms with van der Waals surface area (Å²) < 4.78 is 63.4. The highest BCUT2D eigenvalue weighted by molar-refractivity contribution is 5.81. The standard InChI is InChI=1S/C17H15FN5O5/c1-3-17(5-4-9-8(2)26-16(25)27-9)10(24)6-11(28-17)23-7-20-12-13(19)21-15(18)22-14(12)23/h1,4,7,10-11,24H,5-6H2,2H3,(H2,19,21,22)/t10-,11+,17-/m0/s1/i5D2,6D2. The fourth-order valence-electron chi connectivity index (χ4n) is 2.68. The fraction of sp³-hybridized carbons (Fsp3) is 0.353. The number of aryl methyl sites for hydroxylation is 1. The number of aliphatic hydroxyl groups is 1. The second-order valence-corrected chi connectivity index (χ2v) is 5.78. The van der Waals surface area contributed by atoms with Gasteiger partial charge in [0, 0.05) is 24.6 Å². The second-order valence-electron chi connectivity index (χ2n) is 5.78. The second kappa shape index (κ2) is 6.43. The van der Waals surface area contributed by atoms with Crippen molar-refractivity contribution in [2.75, 3.05) is 5.73 Å². The summed E-state index contributed by atoms with van der Waals surface area (Å²) in [5.41, 5.74) is 2.68. The summed E-state index contributed by atoms with van der Waals surface area (Å²) in [5, 5.41) is 10.8. The average molecular weight is 392 g/mol. The van der Waals surface area contributed by atoms with Crippen LogP contribution in [-0.4, -0.2) is 36.3 Å². The number of terminal acetylenes is 1. The molecule has 0 spiro atoms. The highest BCUT2D eigenvalue weighted by Crippen LogP contribution is 2.41. The lowest BCUT2D eigenvalue weighted by molar-refractivity contribution is -0.0629. The van der Waals surface area contributed by atoms with E-state index in [-0.39, 0.29) is 28.5 Å². The SMILES string of the molecule is [2H]C1([2H])[C@H](n2cnc3c(N)nc(F)nc32)O[C@@](C#C)(C([2H])([2H])[CH]c2oc(=O)oc2C)[C@H]1O. The Morgan fingerprint density at radius 1 is 1.64 bits per heavy atom. The molecule has 28 heavy (non-hydrogen) atoms. The lowest BCUT2D eigenvalue weighted by atomic mass is 9.91. The summed E-state index contributed by atoms with van der Waals surface area (Å²) in [4.78, 5) is 22.1. The zero-order valence-electron chi connectivity index (χ0n) is 18.2. The summed E-state index contributed by atoms with van der Waals surface area (Å²) in [6.07, 6.45) is -3.45. The molecule has 0 aromatic carbocycles. The van der Waals surface area contributed by atoms with Crippen molar-refractivity contribution < 1.29 is 28.6 Å². The molecule has 0 unspecified atom stereocenters. The Morgan fingerprint density at radius 3 is 3.11 bits per heavy atom. The number of imidazole rings is 1. The van der Waals surface area contributed by atoms with Gasteiger partial charge < -0.3 is 24.4 Å². The van der Waals surface area contributed by atoms with Crippen LogP contribution in [-0.2, 0) is 4.74 Å². The fourth-order valence-corrected chi connectivity index (χ4v) is 2.68. The number of ether oxygens (including phenoxy) is 1. The van der Waals surface area contributed by atoms with Gasteiger partial charge in [0.05, 0.1) is 12.4 Å². The molecule has 1 radical (unpaired) electrons. The third-order valence-electron chi connectivity index (χ3n) is 4.07. The Morgan fingerprint density at radius 2 is 2.43 bits per heavy atom. The van der Waals surface area contributed by atoms with Crippen LogP contribution in [0.15, 0.2) is 20.0 Å². The van der Waals surface area contributed by atoms with Crippen LogP contribution in [0.25, 0.3) is 11.2 Å². The minimum absolute atomic E-state index is 0.0659. The summed E-state index contributed by atoms with van der Waals surface area (Å²) in [5.74, 6) is 0.205. The van der Waals surface area contributed by atoms with E-state index in [1.54, 1.807) is 0 Å². The van der Waals surface area contributed by atoms with Gasteiger partial charge in [-0.3, -0.25) is 4.57 Å². The Kier molecular flexibility index (Phi) is 3.19. The minimum Gasteiger partial charge on any atom is -0.396 e. The highest BCUT2D eigenvalue weighted by Gasteiger charge is 2.48. The van der Waals surface area contributed by atoms with E-state index in [0.717, 1.165) is 17.3 Å². The Hall–Kier alpha value is -3.23. The van der Waals surface area contributed by atoms with E-state index in [1.807, 2.05) is 5.92 Å². The normalized spacial score (nSPS) is 29.1. The molecule has 1 saturated heterocycles. The quantitative estimate of drug-likeness (QED) is 0.484. The van der Waals surface area contributed by atoms with Crippen LogP contribution in [0, 0.1) is 31.8 Å². The van der Waals surface area contributed by atoms with Crippen molar-refractivity contribution in [3.63, 3.8) is 0 Å². The highest BCUT2D eigenvalue weighted by atomic mass is 19.1. The van der Waals surface area contributed by atoms with E-state index in [4.69, 9.17) is 26.8 Å². The number of aliphatic hydroxyl groups excluding tert-OH is 1. The maximum atomic E-state index is 13.7. The van der Waals surface area contributed by atoms with Crippen LogP contribution < -0.4 is 11.6 Å². The summed E-state index contributed by atoms with van der Waals surface area (Å²) >= 11 is 0. The minimum atomic E-state index is -2.79.